The minimum absolute atomic E-state index is 0.633. The molecule has 24 heavy (non-hydrogen) atoms. The average molecular weight is 318 g/mol. The van der Waals surface area contributed by atoms with Gasteiger partial charge >= 0.3 is 0 Å². The summed E-state index contributed by atoms with van der Waals surface area (Å²) in [5.74, 6) is 1.52. The molecular formula is C18H18N6. The first-order valence-corrected chi connectivity index (χ1v) is 8.51. The molecule has 0 aliphatic heterocycles. The topological polar surface area (TPSA) is 71.8 Å². The lowest BCUT2D eigenvalue weighted by molar-refractivity contribution is 0.842. The molecule has 0 aromatic carbocycles. The minimum Gasteiger partial charge on any atom is -0.345 e. The van der Waals surface area contributed by atoms with E-state index < -0.39 is 0 Å². The summed E-state index contributed by atoms with van der Waals surface area (Å²) < 4.78 is 1.86. The van der Waals surface area contributed by atoms with E-state index in [0.29, 0.717) is 5.92 Å². The van der Waals surface area contributed by atoms with Gasteiger partial charge < -0.3 is 4.98 Å². The summed E-state index contributed by atoms with van der Waals surface area (Å²) in [5, 5.41) is 5.43. The third-order valence-electron chi connectivity index (χ3n) is 4.65. The molecule has 1 aliphatic rings. The van der Waals surface area contributed by atoms with Crippen molar-refractivity contribution in [3.8, 4) is 11.3 Å². The number of aromatic amines is 1. The average Bonchev–Trinajstić information content (AvgIpc) is 3.22. The van der Waals surface area contributed by atoms with Crippen LogP contribution in [0.3, 0.4) is 0 Å². The second-order valence-electron chi connectivity index (χ2n) is 6.46. The number of rotatable bonds is 4. The molecule has 1 saturated carbocycles. The molecule has 0 spiro atoms. The highest BCUT2D eigenvalue weighted by Gasteiger charge is 2.27. The summed E-state index contributed by atoms with van der Waals surface area (Å²) in [6.07, 6.45) is 12.2. The molecule has 1 fully saturated rings. The third kappa shape index (κ3) is 2.10. The van der Waals surface area contributed by atoms with Crippen molar-refractivity contribution >= 4 is 16.7 Å². The highest BCUT2D eigenvalue weighted by molar-refractivity contribution is 5.92. The predicted octanol–water partition coefficient (Wildman–Crippen LogP) is 3.50. The van der Waals surface area contributed by atoms with Crippen LogP contribution >= 0.6 is 0 Å². The molecular weight excluding hydrogens is 300 g/mol. The van der Waals surface area contributed by atoms with Crippen LogP contribution in [0.5, 0.6) is 0 Å². The third-order valence-corrected chi connectivity index (χ3v) is 4.65. The molecule has 4 aromatic heterocycles. The molecule has 0 bridgehead atoms. The fourth-order valence-corrected chi connectivity index (χ4v) is 3.22. The monoisotopic (exact) mass is 318 g/mol. The Morgan fingerprint density at radius 1 is 1.25 bits per heavy atom. The molecule has 0 radical (unpaired) electrons. The van der Waals surface area contributed by atoms with Gasteiger partial charge in [-0.15, -0.1) is 0 Å². The lowest BCUT2D eigenvalue weighted by Gasteiger charge is -2.02. The van der Waals surface area contributed by atoms with E-state index >= 15 is 0 Å². The van der Waals surface area contributed by atoms with Crippen LogP contribution in [0, 0.1) is 0 Å². The van der Waals surface area contributed by atoms with Gasteiger partial charge in [-0.1, -0.05) is 6.92 Å². The Balaban J connectivity index is 1.63. The zero-order chi connectivity index (χ0) is 16.1. The number of aromatic nitrogens is 6. The Kier molecular flexibility index (Phi) is 2.92. The number of H-pyrrole nitrogens is 1. The van der Waals surface area contributed by atoms with Crippen molar-refractivity contribution in [1.29, 1.82) is 0 Å². The van der Waals surface area contributed by atoms with Gasteiger partial charge in [0.15, 0.2) is 5.65 Å². The quantitative estimate of drug-likeness (QED) is 0.625. The Labute approximate surface area is 139 Å². The maximum Gasteiger partial charge on any atom is 0.159 e. The Morgan fingerprint density at radius 3 is 3.00 bits per heavy atom. The first-order valence-electron chi connectivity index (χ1n) is 8.51. The molecule has 4 aromatic rings. The number of hydrogen-bond donors (Lipinski definition) is 1. The number of nitrogens with zero attached hydrogens (tertiary/aromatic N) is 5. The van der Waals surface area contributed by atoms with Crippen LogP contribution in [0.1, 0.15) is 43.5 Å². The van der Waals surface area contributed by atoms with Crippen LogP contribution in [0.2, 0.25) is 0 Å². The van der Waals surface area contributed by atoms with Crippen LogP contribution in [-0.2, 0) is 6.42 Å². The van der Waals surface area contributed by atoms with E-state index in [1.807, 2.05) is 35.4 Å². The number of aryl methyl sites for hydroxylation is 1. The smallest absolute Gasteiger partial charge is 0.159 e. The molecule has 5 rings (SSSR count). The molecule has 120 valence electrons. The number of nitrogens with one attached hydrogen (secondary N) is 1. The van der Waals surface area contributed by atoms with Crippen molar-refractivity contribution in [3.63, 3.8) is 0 Å². The predicted molar refractivity (Wildman–Crippen MR) is 91.8 cm³/mol. The van der Waals surface area contributed by atoms with Gasteiger partial charge in [0.2, 0.25) is 0 Å². The minimum atomic E-state index is 0.633. The van der Waals surface area contributed by atoms with Gasteiger partial charge in [0.05, 0.1) is 11.9 Å². The van der Waals surface area contributed by atoms with Crippen molar-refractivity contribution in [1.82, 2.24) is 29.5 Å². The fraction of sp³-hybridized carbons (Fsp3) is 0.333. The van der Waals surface area contributed by atoms with Crippen molar-refractivity contribution in [2.75, 3.05) is 0 Å². The van der Waals surface area contributed by atoms with E-state index in [9.17, 15) is 0 Å². The van der Waals surface area contributed by atoms with Gasteiger partial charge in [-0.3, -0.25) is 0 Å². The summed E-state index contributed by atoms with van der Waals surface area (Å²) in [7, 11) is 0. The maximum atomic E-state index is 4.87. The molecule has 0 amide bonds. The summed E-state index contributed by atoms with van der Waals surface area (Å²) in [6, 6.07) is 2.00. The van der Waals surface area contributed by atoms with Crippen LogP contribution in [-0.4, -0.2) is 29.5 Å². The largest absolute Gasteiger partial charge is 0.345 e. The zero-order valence-corrected chi connectivity index (χ0v) is 13.5. The summed E-state index contributed by atoms with van der Waals surface area (Å²) >= 11 is 0. The van der Waals surface area contributed by atoms with Crippen molar-refractivity contribution in [2.45, 2.75) is 38.5 Å². The second kappa shape index (κ2) is 5.12. The van der Waals surface area contributed by atoms with E-state index in [1.54, 1.807) is 0 Å². The molecule has 6 heteroatoms. The second-order valence-corrected chi connectivity index (χ2v) is 6.46. The highest BCUT2D eigenvalue weighted by atomic mass is 15.2. The number of fused-ring (bicyclic) bond motifs is 2. The normalized spacial score (nSPS) is 14.7. The Morgan fingerprint density at radius 2 is 2.17 bits per heavy atom. The van der Waals surface area contributed by atoms with Crippen molar-refractivity contribution in [3.05, 3.63) is 42.2 Å². The van der Waals surface area contributed by atoms with E-state index in [0.717, 1.165) is 46.6 Å². The fourth-order valence-electron chi connectivity index (χ4n) is 3.22. The van der Waals surface area contributed by atoms with Gasteiger partial charge in [-0.25, -0.2) is 19.5 Å². The Hall–Kier alpha value is -2.76. The molecule has 4 heterocycles. The lowest BCUT2D eigenvalue weighted by Crippen LogP contribution is -1.95. The van der Waals surface area contributed by atoms with Gasteiger partial charge in [0, 0.05) is 41.5 Å². The summed E-state index contributed by atoms with van der Waals surface area (Å²) in [5.41, 5.74) is 5.08. The van der Waals surface area contributed by atoms with Gasteiger partial charge in [-0.05, 0) is 31.2 Å². The van der Waals surface area contributed by atoms with E-state index in [4.69, 9.17) is 4.98 Å². The van der Waals surface area contributed by atoms with Crippen LogP contribution in [0.15, 0.2) is 30.9 Å². The van der Waals surface area contributed by atoms with Crippen LogP contribution < -0.4 is 0 Å². The summed E-state index contributed by atoms with van der Waals surface area (Å²) in [4.78, 5) is 17.2. The van der Waals surface area contributed by atoms with Crippen molar-refractivity contribution < 1.29 is 0 Å². The first-order chi connectivity index (χ1) is 11.8. The van der Waals surface area contributed by atoms with Gasteiger partial charge in [0.1, 0.15) is 11.5 Å². The zero-order valence-electron chi connectivity index (χ0n) is 13.5. The lowest BCUT2D eigenvalue weighted by atomic mass is 10.1. The standard InChI is InChI=1S/C18H18N6/c1-2-3-16-19-9-14-13(8-20-17(14)23-16)15-6-7-24-18(22-15)12(10-21-24)11-4-5-11/h6-11H,2-5H2,1H3,(H,19,20,23). The van der Waals surface area contributed by atoms with Crippen LogP contribution in [0.25, 0.3) is 27.9 Å². The van der Waals surface area contributed by atoms with E-state index in [2.05, 4.69) is 27.0 Å². The van der Waals surface area contributed by atoms with E-state index in [-0.39, 0.29) is 0 Å². The van der Waals surface area contributed by atoms with Gasteiger partial charge in [-0.2, -0.15) is 5.10 Å². The Bertz CT molecular complexity index is 1040. The molecule has 1 aliphatic carbocycles. The van der Waals surface area contributed by atoms with E-state index in [1.165, 1.54) is 18.4 Å². The molecule has 6 nitrogen and oxygen atoms in total. The van der Waals surface area contributed by atoms with Crippen LogP contribution in [0.4, 0.5) is 0 Å². The first kappa shape index (κ1) is 13.7. The SMILES string of the molecule is CCCc1ncc2c(-c3ccn4ncc(C5CC5)c4n3)c[nH]c2n1. The molecule has 0 unspecified atom stereocenters. The number of hydrogen-bond acceptors (Lipinski definition) is 4. The molecule has 0 saturated heterocycles. The van der Waals surface area contributed by atoms with Gasteiger partial charge in [0.25, 0.3) is 0 Å². The molecule has 0 atom stereocenters. The highest BCUT2D eigenvalue weighted by Crippen LogP contribution is 2.41. The maximum absolute atomic E-state index is 4.87. The summed E-state index contributed by atoms with van der Waals surface area (Å²) in [6.45, 7) is 2.13. The van der Waals surface area contributed by atoms with Crippen molar-refractivity contribution in [2.24, 2.45) is 0 Å². The molecule has 1 N–H and O–H groups in total.